The van der Waals surface area contributed by atoms with Crippen LogP contribution in [0.15, 0.2) is 30.3 Å². The van der Waals surface area contributed by atoms with E-state index >= 15 is 0 Å². The molecule has 4 heteroatoms. The highest BCUT2D eigenvalue weighted by Crippen LogP contribution is 2.31. The second-order valence-electron chi connectivity index (χ2n) is 7.57. The van der Waals surface area contributed by atoms with E-state index in [1.807, 2.05) is 0 Å². The van der Waals surface area contributed by atoms with Gasteiger partial charge in [0.15, 0.2) is 0 Å². The number of carbonyl (C=O) groups is 1. The molecule has 1 amide bonds. The van der Waals surface area contributed by atoms with Crippen molar-refractivity contribution >= 4 is 5.91 Å². The molecule has 0 aromatic heterocycles. The third kappa shape index (κ3) is 4.17. The molecule has 2 fully saturated rings. The van der Waals surface area contributed by atoms with E-state index in [0.717, 1.165) is 45.2 Å². The molecule has 1 saturated carbocycles. The number of carbonyl (C=O) groups excluding carboxylic acids is 1. The Morgan fingerprint density at radius 2 is 2.04 bits per heavy atom. The van der Waals surface area contributed by atoms with Crippen LogP contribution in [0, 0.1) is 11.8 Å². The molecule has 3 rings (SSSR count). The third-order valence-electron chi connectivity index (χ3n) is 5.89. The molecule has 3 N–H and O–H groups in total. The molecule has 4 nitrogen and oxygen atoms in total. The lowest BCUT2D eigenvalue weighted by atomic mass is 9.93. The number of rotatable bonds is 5. The van der Waals surface area contributed by atoms with E-state index in [0.29, 0.717) is 24.5 Å². The molecule has 0 radical (unpaired) electrons. The third-order valence-corrected chi connectivity index (χ3v) is 5.89. The first kappa shape index (κ1) is 17.4. The average molecular weight is 329 g/mol. The fourth-order valence-corrected chi connectivity index (χ4v) is 4.38. The molecule has 4 atom stereocenters. The highest BCUT2D eigenvalue weighted by Gasteiger charge is 2.34. The predicted octanol–water partition coefficient (Wildman–Crippen LogP) is 2.53. The zero-order chi connectivity index (χ0) is 16.9. The van der Waals surface area contributed by atoms with Crippen molar-refractivity contribution in [1.29, 1.82) is 0 Å². The van der Waals surface area contributed by atoms with Crippen molar-refractivity contribution in [2.45, 2.75) is 57.7 Å². The number of likely N-dealkylation sites (tertiary alicyclic amines) is 1. The van der Waals surface area contributed by atoms with Gasteiger partial charge in [-0.05, 0) is 50.6 Å². The van der Waals surface area contributed by atoms with E-state index < -0.39 is 0 Å². The first-order chi connectivity index (χ1) is 11.7. The maximum atomic E-state index is 12.6. The Bertz CT molecular complexity index is 533. The Kier molecular flexibility index (Phi) is 5.90. The molecule has 1 saturated heterocycles. The van der Waals surface area contributed by atoms with Crippen LogP contribution < -0.4 is 11.1 Å². The highest BCUT2D eigenvalue weighted by molar-refractivity contribution is 5.79. The van der Waals surface area contributed by atoms with E-state index in [4.69, 9.17) is 5.73 Å². The molecule has 24 heavy (non-hydrogen) atoms. The lowest BCUT2D eigenvalue weighted by molar-refractivity contribution is -0.127. The predicted molar refractivity (Wildman–Crippen MR) is 97.4 cm³/mol. The molecule has 2 aliphatic rings. The molecular formula is C20H31N3O. The van der Waals surface area contributed by atoms with Crippen LogP contribution in [-0.4, -0.2) is 36.0 Å². The minimum absolute atomic E-state index is 0.146. The minimum atomic E-state index is 0.146. The van der Waals surface area contributed by atoms with Crippen LogP contribution >= 0.6 is 0 Å². The molecule has 0 spiro atoms. The number of benzene rings is 1. The standard InChI is InChI=1S/C20H31N3O/c1-15-12-18(22-20(24)19-9-5-8-17(19)13-21)10-11-23(15)14-16-6-3-2-4-7-16/h2-4,6-7,15,17-19H,5,8-14,21H2,1H3,(H,22,24)/t15?,17-,18?,19-/m1/s1. The van der Waals surface area contributed by atoms with E-state index in [1.165, 1.54) is 5.56 Å². The molecule has 1 aliphatic heterocycles. The normalized spacial score (nSPS) is 31.1. The second-order valence-corrected chi connectivity index (χ2v) is 7.57. The molecule has 1 heterocycles. The Hall–Kier alpha value is -1.39. The lowest BCUT2D eigenvalue weighted by Crippen LogP contribution is -2.50. The Morgan fingerprint density at radius 3 is 2.75 bits per heavy atom. The van der Waals surface area contributed by atoms with Gasteiger partial charge in [-0.2, -0.15) is 0 Å². The van der Waals surface area contributed by atoms with Gasteiger partial charge in [0.05, 0.1) is 0 Å². The zero-order valence-corrected chi connectivity index (χ0v) is 14.8. The summed E-state index contributed by atoms with van der Waals surface area (Å²) in [5.74, 6) is 0.782. The van der Waals surface area contributed by atoms with E-state index in [2.05, 4.69) is 47.5 Å². The van der Waals surface area contributed by atoms with Crippen molar-refractivity contribution < 1.29 is 4.79 Å². The molecular weight excluding hydrogens is 298 g/mol. The summed E-state index contributed by atoms with van der Waals surface area (Å²) in [6, 6.07) is 11.5. The Morgan fingerprint density at radius 1 is 1.25 bits per heavy atom. The number of piperidine rings is 1. The maximum Gasteiger partial charge on any atom is 0.223 e. The number of nitrogens with zero attached hydrogens (tertiary/aromatic N) is 1. The van der Waals surface area contributed by atoms with Crippen molar-refractivity contribution in [2.75, 3.05) is 13.1 Å². The van der Waals surface area contributed by atoms with E-state index in [9.17, 15) is 4.79 Å². The van der Waals surface area contributed by atoms with Gasteiger partial charge in [0.2, 0.25) is 5.91 Å². The summed E-state index contributed by atoms with van der Waals surface area (Å²) >= 11 is 0. The quantitative estimate of drug-likeness (QED) is 0.873. The van der Waals surface area contributed by atoms with Gasteiger partial charge in [0, 0.05) is 31.1 Å². The van der Waals surface area contributed by atoms with Gasteiger partial charge in [0.1, 0.15) is 0 Å². The van der Waals surface area contributed by atoms with Crippen LogP contribution in [0.4, 0.5) is 0 Å². The number of nitrogens with one attached hydrogen (secondary N) is 1. The van der Waals surface area contributed by atoms with Gasteiger partial charge in [0.25, 0.3) is 0 Å². The summed E-state index contributed by atoms with van der Waals surface area (Å²) in [6.07, 6.45) is 5.35. The summed E-state index contributed by atoms with van der Waals surface area (Å²) in [7, 11) is 0. The molecule has 0 bridgehead atoms. The zero-order valence-electron chi connectivity index (χ0n) is 14.8. The van der Waals surface area contributed by atoms with E-state index in [1.54, 1.807) is 0 Å². The first-order valence-corrected chi connectivity index (χ1v) is 9.45. The summed E-state index contributed by atoms with van der Waals surface area (Å²) in [4.78, 5) is 15.1. The van der Waals surface area contributed by atoms with Gasteiger partial charge in [-0.25, -0.2) is 0 Å². The summed E-state index contributed by atoms with van der Waals surface area (Å²) in [6.45, 7) is 4.97. The lowest BCUT2D eigenvalue weighted by Gasteiger charge is -2.38. The molecule has 132 valence electrons. The molecule has 1 aromatic carbocycles. The van der Waals surface area contributed by atoms with Crippen molar-refractivity contribution in [3.8, 4) is 0 Å². The van der Waals surface area contributed by atoms with Crippen molar-refractivity contribution in [2.24, 2.45) is 17.6 Å². The van der Waals surface area contributed by atoms with E-state index in [-0.39, 0.29) is 11.8 Å². The smallest absolute Gasteiger partial charge is 0.223 e. The van der Waals surface area contributed by atoms with Crippen LogP contribution in [0.2, 0.25) is 0 Å². The number of nitrogens with two attached hydrogens (primary N) is 1. The van der Waals surface area contributed by atoms with Gasteiger partial charge in [-0.15, -0.1) is 0 Å². The maximum absolute atomic E-state index is 12.6. The van der Waals surface area contributed by atoms with Crippen LogP contribution in [-0.2, 0) is 11.3 Å². The van der Waals surface area contributed by atoms with Crippen LogP contribution in [0.1, 0.15) is 44.6 Å². The molecule has 1 aromatic rings. The Balaban J connectivity index is 1.49. The van der Waals surface area contributed by atoms with Crippen molar-refractivity contribution in [3.63, 3.8) is 0 Å². The SMILES string of the molecule is CC1CC(NC(=O)[C@@H]2CCC[C@@H]2CN)CCN1Cc1ccccc1. The highest BCUT2D eigenvalue weighted by atomic mass is 16.2. The van der Waals surface area contributed by atoms with Gasteiger partial charge < -0.3 is 11.1 Å². The van der Waals surface area contributed by atoms with Crippen molar-refractivity contribution in [1.82, 2.24) is 10.2 Å². The topological polar surface area (TPSA) is 58.4 Å². The van der Waals surface area contributed by atoms with Gasteiger partial charge in [-0.3, -0.25) is 9.69 Å². The monoisotopic (exact) mass is 329 g/mol. The Labute approximate surface area is 145 Å². The number of hydrogen-bond acceptors (Lipinski definition) is 3. The number of amides is 1. The van der Waals surface area contributed by atoms with Crippen LogP contribution in [0.5, 0.6) is 0 Å². The summed E-state index contributed by atoms with van der Waals surface area (Å²) < 4.78 is 0. The van der Waals surface area contributed by atoms with Gasteiger partial charge >= 0.3 is 0 Å². The molecule has 2 unspecified atom stereocenters. The van der Waals surface area contributed by atoms with Gasteiger partial charge in [-0.1, -0.05) is 36.8 Å². The van der Waals surface area contributed by atoms with Crippen LogP contribution in [0.25, 0.3) is 0 Å². The van der Waals surface area contributed by atoms with Crippen molar-refractivity contribution in [3.05, 3.63) is 35.9 Å². The fourth-order valence-electron chi connectivity index (χ4n) is 4.38. The largest absolute Gasteiger partial charge is 0.353 e. The van der Waals surface area contributed by atoms with Crippen LogP contribution in [0.3, 0.4) is 0 Å². The average Bonchev–Trinajstić information content (AvgIpc) is 3.07. The molecule has 1 aliphatic carbocycles. The number of hydrogen-bond donors (Lipinski definition) is 2. The first-order valence-electron chi connectivity index (χ1n) is 9.45. The summed E-state index contributed by atoms with van der Waals surface area (Å²) in [5.41, 5.74) is 7.19. The second kappa shape index (κ2) is 8.13. The summed E-state index contributed by atoms with van der Waals surface area (Å²) in [5, 5.41) is 3.32. The fraction of sp³-hybridized carbons (Fsp3) is 0.650. The minimum Gasteiger partial charge on any atom is -0.353 e.